The molecule has 8 nitrogen and oxygen atoms in total. The van der Waals surface area contributed by atoms with Gasteiger partial charge in [-0.15, -0.1) is 0 Å². The summed E-state index contributed by atoms with van der Waals surface area (Å²) in [4.78, 5) is 12.7. The molecule has 2 aliphatic rings. The Morgan fingerprint density at radius 3 is 2.60 bits per heavy atom. The predicted molar refractivity (Wildman–Crippen MR) is 111 cm³/mol. The fraction of sp³-hybridized carbons (Fsp3) is 0.381. The minimum atomic E-state index is -3.94. The Morgan fingerprint density at radius 1 is 1.00 bits per heavy atom. The molecule has 0 aliphatic carbocycles. The number of amides is 1. The molecule has 160 valence electrons. The number of benzene rings is 2. The van der Waals surface area contributed by atoms with Gasteiger partial charge in [-0.1, -0.05) is 12.1 Å². The van der Waals surface area contributed by atoms with Crippen molar-refractivity contribution in [3.8, 4) is 11.5 Å². The van der Waals surface area contributed by atoms with Crippen LogP contribution in [0.5, 0.6) is 11.5 Å². The minimum Gasteiger partial charge on any atom is -0.490 e. The first-order valence-electron chi connectivity index (χ1n) is 9.94. The third-order valence-electron chi connectivity index (χ3n) is 4.96. The Kier molecular flexibility index (Phi) is 6.10. The average Bonchev–Trinajstić information content (AvgIpc) is 3.15. The first-order chi connectivity index (χ1) is 14.5. The van der Waals surface area contributed by atoms with Crippen LogP contribution in [0.1, 0.15) is 29.6 Å². The van der Waals surface area contributed by atoms with Crippen LogP contribution in [0.4, 0.5) is 5.69 Å². The van der Waals surface area contributed by atoms with Crippen LogP contribution in [0.15, 0.2) is 47.4 Å². The second kappa shape index (κ2) is 8.93. The van der Waals surface area contributed by atoms with Gasteiger partial charge in [0.25, 0.3) is 15.9 Å². The van der Waals surface area contributed by atoms with Gasteiger partial charge in [-0.3, -0.25) is 9.52 Å². The monoisotopic (exact) mass is 432 g/mol. The van der Waals surface area contributed by atoms with E-state index in [0.717, 1.165) is 19.3 Å². The molecule has 2 aromatic carbocycles. The smallest absolute Gasteiger partial charge is 0.262 e. The standard InChI is InChI=1S/C21H24N2O6S/c24-21(22-14-15-5-3-10-27-15)17-6-1-2-7-18(17)23-30(25,26)16-8-9-19-20(13-16)29-12-4-11-28-19/h1-2,6-9,13,15,23H,3-5,10-12,14H2,(H,22,24). The molecule has 9 heteroatoms. The van der Waals surface area contributed by atoms with Gasteiger partial charge in [0.2, 0.25) is 0 Å². The highest BCUT2D eigenvalue weighted by molar-refractivity contribution is 7.92. The predicted octanol–water partition coefficient (Wildman–Crippen LogP) is 2.56. The number of carbonyl (C=O) groups is 1. The van der Waals surface area contributed by atoms with E-state index >= 15 is 0 Å². The van der Waals surface area contributed by atoms with Crippen molar-refractivity contribution in [3.63, 3.8) is 0 Å². The molecule has 0 saturated carbocycles. The van der Waals surface area contributed by atoms with E-state index < -0.39 is 10.0 Å². The number of sulfonamides is 1. The Hall–Kier alpha value is -2.78. The molecular weight excluding hydrogens is 408 g/mol. The van der Waals surface area contributed by atoms with Crippen LogP contribution in [-0.2, 0) is 14.8 Å². The van der Waals surface area contributed by atoms with Crippen LogP contribution < -0.4 is 19.5 Å². The molecule has 1 saturated heterocycles. The van der Waals surface area contributed by atoms with Crippen molar-refractivity contribution in [2.24, 2.45) is 0 Å². The quantitative estimate of drug-likeness (QED) is 0.727. The Morgan fingerprint density at radius 2 is 1.80 bits per heavy atom. The Labute approximate surface area is 175 Å². The maximum absolute atomic E-state index is 13.0. The van der Waals surface area contributed by atoms with E-state index in [-0.39, 0.29) is 28.2 Å². The normalized spacial score (nSPS) is 18.5. The van der Waals surface area contributed by atoms with E-state index in [4.69, 9.17) is 14.2 Å². The molecule has 2 heterocycles. The summed E-state index contributed by atoms with van der Waals surface area (Å²) in [5.41, 5.74) is 0.447. The number of rotatable bonds is 6. The van der Waals surface area contributed by atoms with Crippen LogP contribution >= 0.6 is 0 Å². The summed E-state index contributed by atoms with van der Waals surface area (Å²) in [6.45, 7) is 2.07. The summed E-state index contributed by atoms with van der Waals surface area (Å²) >= 11 is 0. The topological polar surface area (TPSA) is 103 Å². The van der Waals surface area contributed by atoms with E-state index in [2.05, 4.69) is 10.0 Å². The number of carbonyl (C=O) groups excluding carboxylic acids is 1. The molecule has 1 fully saturated rings. The lowest BCUT2D eigenvalue weighted by Gasteiger charge is -2.15. The molecular formula is C21H24N2O6S. The number of para-hydroxylation sites is 1. The molecule has 0 radical (unpaired) electrons. The third-order valence-corrected chi connectivity index (χ3v) is 6.32. The maximum Gasteiger partial charge on any atom is 0.262 e. The second-order valence-electron chi connectivity index (χ2n) is 7.16. The summed E-state index contributed by atoms with van der Waals surface area (Å²) in [7, 11) is -3.94. The lowest BCUT2D eigenvalue weighted by atomic mass is 10.1. The lowest BCUT2D eigenvalue weighted by molar-refractivity contribution is 0.0858. The van der Waals surface area contributed by atoms with Crippen molar-refractivity contribution < 1.29 is 27.4 Å². The van der Waals surface area contributed by atoms with Crippen molar-refractivity contribution in [3.05, 3.63) is 48.0 Å². The van der Waals surface area contributed by atoms with Crippen molar-refractivity contribution >= 4 is 21.6 Å². The van der Waals surface area contributed by atoms with Crippen LogP contribution in [0.3, 0.4) is 0 Å². The van der Waals surface area contributed by atoms with Gasteiger partial charge in [0.15, 0.2) is 11.5 Å². The van der Waals surface area contributed by atoms with Gasteiger partial charge in [0.1, 0.15) is 0 Å². The molecule has 2 aliphatic heterocycles. The summed E-state index contributed by atoms with van der Waals surface area (Å²) in [6, 6.07) is 11.0. The van der Waals surface area contributed by atoms with Gasteiger partial charge in [0, 0.05) is 25.6 Å². The molecule has 30 heavy (non-hydrogen) atoms. The molecule has 0 bridgehead atoms. The number of fused-ring (bicyclic) bond motifs is 1. The van der Waals surface area contributed by atoms with E-state index in [0.29, 0.717) is 37.9 Å². The molecule has 0 spiro atoms. The molecule has 1 amide bonds. The largest absolute Gasteiger partial charge is 0.490 e. The average molecular weight is 432 g/mol. The fourth-order valence-corrected chi connectivity index (χ4v) is 4.49. The minimum absolute atomic E-state index is 0.000370. The van der Waals surface area contributed by atoms with Gasteiger partial charge in [0.05, 0.1) is 35.5 Å². The number of hydrogen-bond donors (Lipinski definition) is 2. The first kappa shape index (κ1) is 20.5. The van der Waals surface area contributed by atoms with E-state index in [1.54, 1.807) is 30.3 Å². The second-order valence-corrected chi connectivity index (χ2v) is 8.84. The first-order valence-corrected chi connectivity index (χ1v) is 11.4. The fourth-order valence-electron chi connectivity index (χ4n) is 3.39. The molecule has 2 aromatic rings. The van der Waals surface area contributed by atoms with Crippen LogP contribution in [0, 0.1) is 0 Å². The van der Waals surface area contributed by atoms with Crippen molar-refractivity contribution in [2.45, 2.75) is 30.3 Å². The zero-order chi connectivity index (χ0) is 21.0. The van der Waals surface area contributed by atoms with E-state index in [9.17, 15) is 13.2 Å². The summed E-state index contributed by atoms with van der Waals surface area (Å²) in [5, 5.41) is 2.82. The highest BCUT2D eigenvalue weighted by atomic mass is 32.2. The summed E-state index contributed by atoms with van der Waals surface area (Å²) in [6.07, 6.45) is 2.61. The van der Waals surface area contributed by atoms with Crippen LogP contribution in [0.2, 0.25) is 0 Å². The van der Waals surface area contributed by atoms with Gasteiger partial charge in [-0.2, -0.15) is 0 Å². The van der Waals surface area contributed by atoms with Gasteiger partial charge in [-0.05, 0) is 37.1 Å². The van der Waals surface area contributed by atoms with Crippen LogP contribution in [0.25, 0.3) is 0 Å². The van der Waals surface area contributed by atoms with Gasteiger partial charge in [-0.25, -0.2) is 8.42 Å². The van der Waals surface area contributed by atoms with Gasteiger partial charge < -0.3 is 19.5 Å². The Bertz CT molecular complexity index is 1020. The van der Waals surface area contributed by atoms with E-state index in [1.165, 1.54) is 12.1 Å². The van der Waals surface area contributed by atoms with Crippen molar-refractivity contribution in [1.29, 1.82) is 0 Å². The maximum atomic E-state index is 13.0. The highest BCUT2D eigenvalue weighted by Crippen LogP contribution is 2.32. The number of nitrogens with one attached hydrogen (secondary N) is 2. The molecule has 1 atom stereocenters. The zero-order valence-electron chi connectivity index (χ0n) is 16.4. The zero-order valence-corrected chi connectivity index (χ0v) is 17.2. The van der Waals surface area contributed by atoms with E-state index in [1.807, 2.05) is 0 Å². The van der Waals surface area contributed by atoms with Crippen LogP contribution in [-0.4, -0.2) is 46.8 Å². The van der Waals surface area contributed by atoms with Crippen molar-refractivity contribution in [2.75, 3.05) is 31.1 Å². The highest BCUT2D eigenvalue weighted by Gasteiger charge is 2.22. The number of hydrogen-bond acceptors (Lipinski definition) is 6. The third kappa shape index (κ3) is 4.68. The van der Waals surface area contributed by atoms with Crippen molar-refractivity contribution in [1.82, 2.24) is 5.32 Å². The SMILES string of the molecule is O=C(NCC1CCCO1)c1ccccc1NS(=O)(=O)c1ccc2c(c1)OCCCO2. The molecule has 1 unspecified atom stereocenters. The molecule has 2 N–H and O–H groups in total. The molecule has 4 rings (SSSR count). The number of ether oxygens (including phenoxy) is 3. The lowest BCUT2D eigenvalue weighted by Crippen LogP contribution is -2.32. The molecule has 0 aromatic heterocycles. The summed E-state index contributed by atoms with van der Waals surface area (Å²) < 4.78 is 45.1. The van der Waals surface area contributed by atoms with Gasteiger partial charge >= 0.3 is 0 Å². The number of anilines is 1. The summed E-state index contributed by atoms with van der Waals surface area (Å²) in [5.74, 6) is 0.542. The Balaban J connectivity index is 1.52.